The molecule has 0 amide bonds. The second-order valence-corrected chi connectivity index (χ2v) is 6.41. The number of nitrogens with one attached hydrogen (secondary N) is 1. The molecule has 0 radical (unpaired) electrons. The maximum atomic E-state index is 4.44. The Labute approximate surface area is 130 Å². The lowest BCUT2D eigenvalue weighted by Crippen LogP contribution is -2.19. The molecule has 0 aliphatic rings. The minimum absolute atomic E-state index is 0.268. The van der Waals surface area contributed by atoms with Gasteiger partial charge in [0.05, 0.1) is 0 Å². The molecule has 2 aromatic rings. The van der Waals surface area contributed by atoms with Crippen LogP contribution in [-0.2, 0) is 6.42 Å². The summed E-state index contributed by atoms with van der Waals surface area (Å²) in [6.07, 6.45) is 2.72. The Kier molecular flexibility index (Phi) is 5.13. The fourth-order valence-corrected chi connectivity index (χ4v) is 2.95. The Morgan fingerprint density at radius 3 is 2.53 bits per heavy atom. The van der Waals surface area contributed by atoms with Crippen molar-refractivity contribution in [3.05, 3.63) is 62.3 Å². The molecule has 0 saturated heterocycles. The molecule has 2 nitrogen and oxygen atoms in total. The standard InChI is InChI=1S/C15H16Br2N2/c1-10-5-11(7-13(17)6-10)15(18-2)8-14-4-3-12(16)9-19-14/h3-7,9,15,18H,8H2,1-2H3. The maximum Gasteiger partial charge on any atom is 0.0423 e. The third-order valence-corrected chi connectivity index (χ3v) is 3.94. The highest BCUT2D eigenvalue weighted by Gasteiger charge is 2.12. The number of halogens is 2. The Hall–Kier alpha value is -0.710. The van der Waals surface area contributed by atoms with Gasteiger partial charge >= 0.3 is 0 Å². The lowest BCUT2D eigenvalue weighted by molar-refractivity contribution is 0.583. The molecule has 1 atom stereocenters. The summed E-state index contributed by atoms with van der Waals surface area (Å²) in [6, 6.07) is 10.8. The minimum atomic E-state index is 0.268. The highest BCUT2D eigenvalue weighted by molar-refractivity contribution is 9.10. The van der Waals surface area contributed by atoms with Gasteiger partial charge in [0.25, 0.3) is 0 Å². The van der Waals surface area contributed by atoms with Crippen molar-refractivity contribution in [1.29, 1.82) is 0 Å². The summed E-state index contributed by atoms with van der Waals surface area (Å²) >= 11 is 6.96. The van der Waals surface area contributed by atoms with Gasteiger partial charge in [-0.2, -0.15) is 0 Å². The van der Waals surface area contributed by atoms with Gasteiger partial charge in [0.15, 0.2) is 0 Å². The van der Waals surface area contributed by atoms with Gasteiger partial charge in [0.2, 0.25) is 0 Å². The first kappa shape index (κ1) is 14.7. The van der Waals surface area contributed by atoms with Gasteiger partial charge in [-0.15, -0.1) is 0 Å². The first-order valence-corrected chi connectivity index (χ1v) is 7.72. The number of hydrogen-bond acceptors (Lipinski definition) is 2. The Morgan fingerprint density at radius 2 is 1.95 bits per heavy atom. The van der Waals surface area contributed by atoms with E-state index in [1.165, 1.54) is 11.1 Å². The molecule has 4 heteroatoms. The van der Waals surface area contributed by atoms with Crippen LogP contribution in [0.2, 0.25) is 0 Å². The van der Waals surface area contributed by atoms with Crippen molar-refractivity contribution in [2.45, 2.75) is 19.4 Å². The highest BCUT2D eigenvalue weighted by Crippen LogP contribution is 2.23. The predicted octanol–water partition coefficient (Wildman–Crippen LogP) is 4.42. The van der Waals surface area contributed by atoms with Crippen molar-refractivity contribution in [2.24, 2.45) is 0 Å². The van der Waals surface area contributed by atoms with Crippen LogP contribution >= 0.6 is 31.9 Å². The summed E-state index contributed by atoms with van der Waals surface area (Å²) in [5.74, 6) is 0. The fraction of sp³-hybridized carbons (Fsp3) is 0.267. The van der Waals surface area contributed by atoms with Crippen molar-refractivity contribution in [1.82, 2.24) is 10.3 Å². The molecular weight excluding hydrogens is 368 g/mol. The average molecular weight is 384 g/mol. The average Bonchev–Trinajstić information content (AvgIpc) is 2.37. The van der Waals surface area contributed by atoms with Gasteiger partial charge in [-0.25, -0.2) is 0 Å². The zero-order valence-corrected chi connectivity index (χ0v) is 14.1. The summed E-state index contributed by atoms with van der Waals surface area (Å²) in [5.41, 5.74) is 3.62. The summed E-state index contributed by atoms with van der Waals surface area (Å²) in [4.78, 5) is 4.44. The topological polar surface area (TPSA) is 24.9 Å². The second kappa shape index (κ2) is 6.64. The number of hydrogen-bond donors (Lipinski definition) is 1. The smallest absolute Gasteiger partial charge is 0.0423 e. The number of rotatable bonds is 4. The number of aromatic nitrogens is 1. The lowest BCUT2D eigenvalue weighted by Gasteiger charge is -2.17. The molecule has 0 aliphatic heterocycles. The fourth-order valence-electron chi connectivity index (χ4n) is 2.09. The molecule has 0 fully saturated rings. The van der Waals surface area contributed by atoms with Crippen LogP contribution in [-0.4, -0.2) is 12.0 Å². The molecule has 0 spiro atoms. The normalized spacial score (nSPS) is 12.4. The van der Waals surface area contributed by atoms with Gasteiger partial charge in [0, 0.05) is 33.3 Å². The van der Waals surface area contributed by atoms with Crippen molar-refractivity contribution in [2.75, 3.05) is 7.05 Å². The highest BCUT2D eigenvalue weighted by atomic mass is 79.9. The van der Waals surface area contributed by atoms with E-state index in [-0.39, 0.29) is 6.04 Å². The van der Waals surface area contributed by atoms with Crippen molar-refractivity contribution in [3.63, 3.8) is 0 Å². The largest absolute Gasteiger partial charge is 0.313 e. The molecule has 100 valence electrons. The number of aryl methyl sites for hydroxylation is 1. The molecule has 1 unspecified atom stereocenters. The van der Waals surface area contributed by atoms with Gasteiger partial charge in [0.1, 0.15) is 0 Å². The minimum Gasteiger partial charge on any atom is -0.313 e. The SMILES string of the molecule is CNC(Cc1ccc(Br)cn1)c1cc(C)cc(Br)c1. The second-order valence-electron chi connectivity index (χ2n) is 4.58. The number of pyridine rings is 1. The summed E-state index contributed by atoms with van der Waals surface area (Å²) in [6.45, 7) is 2.11. The van der Waals surface area contributed by atoms with Crippen LogP contribution in [0.1, 0.15) is 22.9 Å². The molecule has 0 bridgehead atoms. The summed E-state index contributed by atoms with van der Waals surface area (Å²) in [7, 11) is 1.99. The van der Waals surface area contributed by atoms with E-state index >= 15 is 0 Å². The molecule has 19 heavy (non-hydrogen) atoms. The van der Waals surface area contributed by atoms with Crippen molar-refractivity contribution < 1.29 is 0 Å². The Balaban J connectivity index is 2.22. The molecule has 0 aliphatic carbocycles. The van der Waals surface area contributed by atoms with E-state index in [2.05, 4.69) is 73.3 Å². The Bertz CT molecular complexity index is 532. The zero-order chi connectivity index (χ0) is 13.8. The zero-order valence-electron chi connectivity index (χ0n) is 11.0. The van der Waals surface area contributed by atoms with Crippen LogP contribution in [0.15, 0.2) is 45.5 Å². The van der Waals surface area contributed by atoms with E-state index in [0.29, 0.717) is 0 Å². The Morgan fingerprint density at radius 1 is 1.16 bits per heavy atom. The summed E-state index contributed by atoms with van der Waals surface area (Å²) < 4.78 is 2.13. The number of nitrogens with zero attached hydrogens (tertiary/aromatic N) is 1. The van der Waals surface area contributed by atoms with E-state index in [0.717, 1.165) is 21.1 Å². The van der Waals surface area contributed by atoms with Crippen LogP contribution < -0.4 is 5.32 Å². The maximum absolute atomic E-state index is 4.44. The molecule has 1 N–H and O–H groups in total. The summed E-state index contributed by atoms with van der Waals surface area (Å²) in [5, 5.41) is 3.36. The number of likely N-dealkylation sites (N-methyl/N-ethyl adjacent to an activating group) is 1. The third-order valence-electron chi connectivity index (χ3n) is 3.02. The van der Waals surface area contributed by atoms with Crippen LogP contribution in [0.25, 0.3) is 0 Å². The molecule has 1 aromatic carbocycles. The van der Waals surface area contributed by atoms with Gasteiger partial charge in [-0.1, -0.05) is 22.0 Å². The van der Waals surface area contributed by atoms with Crippen LogP contribution in [0.3, 0.4) is 0 Å². The van der Waals surface area contributed by atoms with Crippen molar-refractivity contribution >= 4 is 31.9 Å². The third kappa shape index (κ3) is 4.13. The van der Waals surface area contributed by atoms with E-state index in [1.54, 1.807) is 0 Å². The van der Waals surface area contributed by atoms with Crippen LogP contribution in [0.5, 0.6) is 0 Å². The first-order valence-electron chi connectivity index (χ1n) is 6.13. The van der Waals surface area contributed by atoms with E-state index < -0.39 is 0 Å². The lowest BCUT2D eigenvalue weighted by atomic mass is 10.00. The van der Waals surface area contributed by atoms with Crippen LogP contribution in [0.4, 0.5) is 0 Å². The van der Waals surface area contributed by atoms with E-state index in [4.69, 9.17) is 0 Å². The van der Waals surface area contributed by atoms with Crippen LogP contribution in [0, 0.1) is 6.92 Å². The van der Waals surface area contributed by atoms with Gasteiger partial charge in [-0.3, -0.25) is 4.98 Å². The van der Waals surface area contributed by atoms with Gasteiger partial charge in [-0.05, 0) is 65.3 Å². The van der Waals surface area contributed by atoms with E-state index in [9.17, 15) is 0 Å². The van der Waals surface area contributed by atoms with Gasteiger partial charge < -0.3 is 5.32 Å². The monoisotopic (exact) mass is 382 g/mol. The number of benzene rings is 1. The predicted molar refractivity (Wildman–Crippen MR) is 86.3 cm³/mol. The molecular formula is C15H16Br2N2. The van der Waals surface area contributed by atoms with Crippen molar-refractivity contribution in [3.8, 4) is 0 Å². The quantitative estimate of drug-likeness (QED) is 0.845. The molecule has 1 heterocycles. The van der Waals surface area contributed by atoms with E-state index in [1.807, 2.05) is 19.3 Å². The first-order chi connectivity index (χ1) is 9.08. The molecule has 2 rings (SSSR count). The molecule has 0 saturated carbocycles. The molecule has 1 aromatic heterocycles.